The van der Waals surface area contributed by atoms with Gasteiger partial charge in [-0.15, -0.1) is 0 Å². The Bertz CT molecular complexity index is 970. The van der Waals surface area contributed by atoms with E-state index >= 15 is 0 Å². The SMILES string of the molecule is C=C(C)C1CCC2(C(=O)O)CCC3(C)C(CCC4C5(C)CCC(OC(=O)O)C(C)(C)C5CCC43C)C12. The molecule has 0 saturated heterocycles. The number of carbonyl (C=O) groups is 2. The maximum absolute atomic E-state index is 12.8. The van der Waals surface area contributed by atoms with Crippen molar-refractivity contribution in [3.63, 3.8) is 0 Å². The van der Waals surface area contributed by atoms with Gasteiger partial charge in [-0.2, -0.15) is 0 Å². The lowest BCUT2D eigenvalue weighted by molar-refractivity contribution is -0.248. The van der Waals surface area contributed by atoms with Gasteiger partial charge in [-0.05, 0) is 117 Å². The van der Waals surface area contributed by atoms with Crippen molar-refractivity contribution in [2.45, 2.75) is 112 Å². The standard InChI is InChI=1S/C31H48O5/c1-18(2)19-10-15-31(25(32)33)17-16-29(6)20(24(19)31)8-9-22-28(5)13-12-23(36-26(34)35)27(3,4)21(28)11-14-30(22,29)7/h19-24H,1,8-17H2,2-7H3,(H,32,33)(H,34,35). The van der Waals surface area contributed by atoms with E-state index in [0.29, 0.717) is 23.7 Å². The van der Waals surface area contributed by atoms with Crippen LogP contribution in [0.1, 0.15) is 106 Å². The Kier molecular flexibility index (Phi) is 5.79. The Balaban J connectivity index is 1.52. The lowest BCUT2D eigenvalue weighted by Gasteiger charge is -2.72. The molecule has 5 aliphatic rings. The summed E-state index contributed by atoms with van der Waals surface area (Å²) in [5.41, 5.74) is 0.828. The van der Waals surface area contributed by atoms with Gasteiger partial charge >= 0.3 is 12.1 Å². The largest absolute Gasteiger partial charge is 0.506 e. The Morgan fingerprint density at radius 3 is 2.11 bits per heavy atom. The van der Waals surface area contributed by atoms with Crippen molar-refractivity contribution in [1.82, 2.24) is 0 Å². The predicted molar refractivity (Wildman–Crippen MR) is 140 cm³/mol. The molecule has 0 amide bonds. The quantitative estimate of drug-likeness (QED) is 0.305. The second-order valence-corrected chi connectivity index (χ2v) is 14.9. The van der Waals surface area contributed by atoms with Gasteiger partial charge in [-0.3, -0.25) is 4.79 Å². The van der Waals surface area contributed by atoms with Gasteiger partial charge in [0.25, 0.3) is 0 Å². The summed E-state index contributed by atoms with van der Waals surface area (Å²) in [6.45, 7) is 18.5. The van der Waals surface area contributed by atoms with Crippen LogP contribution < -0.4 is 0 Å². The Morgan fingerprint density at radius 1 is 0.806 bits per heavy atom. The van der Waals surface area contributed by atoms with Gasteiger partial charge in [-0.1, -0.05) is 46.8 Å². The fraction of sp³-hybridized carbons (Fsp3) is 0.871. The second kappa shape index (κ2) is 7.99. The normalized spacial score (nSPS) is 51.2. The summed E-state index contributed by atoms with van der Waals surface area (Å²) in [7, 11) is 0. The van der Waals surface area contributed by atoms with Crippen LogP contribution in [0.15, 0.2) is 12.2 Å². The number of hydrogen-bond donors (Lipinski definition) is 2. The summed E-state index contributed by atoms with van der Waals surface area (Å²) in [6.07, 6.45) is 8.47. The highest BCUT2D eigenvalue weighted by Gasteiger charge is 2.72. The van der Waals surface area contributed by atoms with Gasteiger partial charge in [0.15, 0.2) is 0 Å². The lowest BCUT2D eigenvalue weighted by atomic mass is 9.32. The first-order chi connectivity index (χ1) is 16.6. The minimum atomic E-state index is -1.15. The third-order valence-corrected chi connectivity index (χ3v) is 13.7. The molecule has 5 heteroatoms. The fourth-order valence-corrected chi connectivity index (χ4v) is 11.8. The first-order valence-electron chi connectivity index (χ1n) is 14.4. The number of allylic oxidation sites excluding steroid dienone is 1. The molecule has 10 unspecified atom stereocenters. The Hall–Kier alpha value is -1.52. The van der Waals surface area contributed by atoms with E-state index in [1.807, 2.05) is 0 Å². The van der Waals surface area contributed by atoms with Gasteiger partial charge < -0.3 is 14.9 Å². The van der Waals surface area contributed by atoms with Crippen molar-refractivity contribution in [2.75, 3.05) is 0 Å². The van der Waals surface area contributed by atoms with Crippen LogP contribution in [-0.2, 0) is 9.53 Å². The Morgan fingerprint density at radius 2 is 1.50 bits per heavy atom. The molecule has 0 bridgehead atoms. The molecular weight excluding hydrogens is 452 g/mol. The van der Waals surface area contributed by atoms with Gasteiger partial charge in [-0.25, -0.2) is 4.79 Å². The van der Waals surface area contributed by atoms with Gasteiger partial charge in [0, 0.05) is 5.41 Å². The zero-order chi connectivity index (χ0) is 26.5. The molecule has 0 aromatic heterocycles. The van der Waals surface area contributed by atoms with Crippen LogP contribution in [0.4, 0.5) is 4.79 Å². The van der Waals surface area contributed by atoms with Crippen LogP contribution >= 0.6 is 0 Å². The lowest BCUT2D eigenvalue weighted by Crippen LogP contribution is -2.67. The molecule has 5 aliphatic carbocycles. The molecule has 10 atom stereocenters. The van der Waals surface area contributed by atoms with Crippen LogP contribution in [0.3, 0.4) is 0 Å². The summed E-state index contributed by atoms with van der Waals surface area (Å²) >= 11 is 0. The molecule has 5 saturated carbocycles. The monoisotopic (exact) mass is 500 g/mol. The molecule has 0 aromatic rings. The summed E-state index contributed by atoms with van der Waals surface area (Å²) in [6, 6.07) is 0. The van der Waals surface area contributed by atoms with Crippen LogP contribution in [0.2, 0.25) is 0 Å². The predicted octanol–water partition coefficient (Wildman–Crippen LogP) is 7.79. The van der Waals surface area contributed by atoms with E-state index in [-0.39, 0.29) is 33.7 Å². The fourth-order valence-electron chi connectivity index (χ4n) is 11.8. The molecular formula is C31H48O5. The van der Waals surface area contributed by atoms with Crippen LogP contribution in [0.5, 0.6) is 0 Å². The maximum atomic E-state index is 12.8. The second-order valence-electron chi connectivity index (χ2n) is 14.9. The van der Waals surface area contributed by atoms with E-state index in [1.54, 1.807) is 0 Å². The number of carboxylic acids is 1. The molecule has 0 radical (unpaired) electrons. The third-order valence-electron chi connectivity index (χ3n) is 13.7. The average Bonchev–Trinajstić information content (AvgIpc) is 3.17. The number of hydrogen-bond acceptors (Lipinski definition) is 3. The third kappa shape index (κ3) is 3.13. The molecule has 2 N–H and O–H groups in total. The first-order valence-corrected chi connectivity index (χ1v) is 14.4. The summed E-state index contributed by atoms with van der Waals surface area (Å²) in [5.74, 6) is 1.37. The highest BCUT2D eigenvalue weighted by molar-refractivity contribution is 5.76. The highest BCUT2D eigenvalue weighted by Crippen LogP contribution is 2.77. The maximum Gasteiger partial charge on any atom is 0.506 e. The molecule has 0 aliphatic heterocycles. The molecule has 5 rings (SSSR count). The number of ether oxygens (including phenoxy) is 1. The summed E-state index contributed by atoms with van der Waals surface area (Å²) in [4.78, 5) is 24.2. The minimum Gasteiger partial charge on any atom is -0.481 e. The van der Waals surface area contributed by atoms with Crippen LogP contribution in [0.25, 0.3) is 0 Å². The van der Waals surface area contributed by atoms with Crippen molar-refractivity contribution in [3.8, 4) is 0 Å². The van der Waals surface area contributed by atoms with Crippen LogP contribution in [0, 0.1) is 56.7 Å². The van der Waals surface area contributed by atoms with E-state index in [4.69, 9.17) is 4.74 Å². The molecule has 0 heterocycles. The smallest absolute Gasteiger partial charge is 0.481 e. The molecule has 0 spiro atoms. The zero-order valence-corrected chi connectivity index (χ0v) is 23.4. The summed E-state index contributed by atoms with van der Waals surface area (Å²) < 4.78 is 5.44. The molecule has 5 nitrogen and oxygen atoms in total. The van der Waals surface area contributed by atoms with E-state index in [9.17, 15) is 19.8 Å². The summed E-state index contributed by atoms with van der Waals surface area (Å²) in [5, 5.41) is 19.9. The average molecular weight is 501 g/mol. The molecule has 202 valence electrons. The van der Waals surface area contributed by atoms with Crippen LogP contribution in [-0.4, -0.2) is 28.4 Å². The van der Waals surface area contributed by atoms with E-state index in [1.165, 1.54) is 5.57 Å². The number of fused-ring (bicyclic) bond motifs is 7. The molecule has 5 fully saturated rings. The first kappa shape index (κ1) is 26.1. The van der Waals surface area contributed by atoms with E-state index < -0.39 is 17.5 Å². The van der Waals surface area contributed by atoms with Gasteiger partial charge in [0.05, 0.1) is 5.41 Å². The van der Waals surface area contributed by atoms with Crippen molar-refractivity contribution < 1.29 is 24.5 Å². The number of carboxylic acid groups (broad SMARTS) is 2. The van der Waals surface area contributed by atoms with E-state index in [2.05, 4.69) is 48.1 Å². The minimum absolute atomic E-state index is 0.115. The van der Waals surface area contributed by atoms with E-state index in [0.717, 1.165) is 64.2 Å². The highest BCUT2D eigenvalue weighted by atomic mass is 16.7. The van der Waals surface area contributed by atoms with Crippen molar-refractivity contribution in [1.29, 1.82) is 0 Å². The van der Waals surface area contributed by atoms with Crippen molar-refractivity contribution >= 4 is 12.1 Å². The van der Waals surface area contributed by atoms with Crippen molar-refractivity contribution in [2.24, 2.45) is 56.7 Å². The Labute approximate surface area is 217 Å². The molecule has 36 heavy (non-hydrogen) atoms. The van der Waals surface area contributed by atoms with Gasteiger partial charge in [0.2, 0.25) is 0 Å². The molecule has 0 aromatic carbocycles. The zero-order valence-electron chi connectivity index (χ0n) is 23.4. The van der Waals surface area contributed by atoms with Crippen molar-refractivity contribution in [3.05, 3.63) is 12.2 Å². The van der Waals surface area contributed by atoms with Gasteiger partial charge in [0.1, 0.15) is 6.10 Å². The topological polar surface area (TPSA) is 83.8 Å². The number of aliphatic carboxylic acids is 1. The number of rotatable bonds is 3.